The van der Waals surface area contributed by atoms with E-state index in [0.29, 0.717) is 0 Å². The summed E-state index contributed by atoms with van der Waals surface area (Å²) in [5.74, 6) is 0. The summed E-state index contributed by atoms with van der Waals surface area (Å²) in [4.78, 5) is 9.54. The molecule has 2 heteroatoms. The van der Waals surface area contributed by atoms with Gasteiger partial charge in [0, 0.05) is 10.8 Å². The number of benzene rings is 2. The second kappa shape index (κ2) is 4.67. The van der Waals surface area contributed by atoms with Crippen LogP contribution in [0.25, 0.3) is 33.2 Å². The maximum absolute atomic E-state index is 4.79. The molecule has 0 spiro atoms. The molecule has 0 bridgehead atoms. The number of hydrogen-bond donors (Lipinski definition) is 0. The van der Waals surface area contributed by atoms with Crippen molar-refractivity contribution < 1.29 is 0 Å². The largest absolute Gasteiger partial charge is 0.246 e. The Morgan fingerprint density at radius 2 is 1.33 bits per heavy atom. The third kappa shape index (κ3) is 2.05. The summed E-state index contributed by atoms with van der Waals surface area (Å²) in [5.41, 5.74) is 5.05. The molecule has 0 aliphatic heterocycles. The minimum Gasteiger partial charge on any atom is -0.246 e. The third-order valence-electron chi connectivity index (χ3n) is 3.76. The van der Waals surface area contributed by atoms with Crippen LogP contribution in [0.15, 0.2) is 66.7 Å². The summed E-state index contributed by atoms with van der Waals surface area (Å²) in [5, 5.41) is 2.32. The van der Waals surface area contributed by atoms with E-state index < -0.39 is 0 Å². The van der Waals surface area contributed by atoms with Gasteiger partial charge in [-0.25, -0.2) is 9.97 Å². The quantitative estimate of drug-likeness (QED) is 0.498. The number of rotatable bonds is 1. The van der Waals surface area contributed by atoms with Gasteiger partial charge in [0.2, 0.25) is 0 Å². The van der Waals surface area contributed by atoms with E-state index in [4.69, 9.17) is 9.97 Å². The molecule has 0 saturated heterocycles. The Hall–Kier alpha value is -2.74. The summed E-state index contributed by atoms with van der Waals surface area (Å²) in [6.45, 7) is 2.09. The molecule has 4 rings (SSSR count). The Balaban J connectivity index is 1.96. The predicted molar refractivity (Wildman–Crippen MR) is 87.2 cm³/mol. The van der Waals surface area contributed by atoms with Gasteiger partial charge in [-0.05, 0) is 36.8 Å². The van der Waals surface area contributed by atoms with Crippen LogP contribution >= 0.6 is 0 Å². The van der Waals surface area contributed by atoms with Crippen molar-refractivity contribution in [3.05, 3.63) is 72.3 Å². The van der Waals surface area contributed by atoms with Gasteiger partial charge in [0.1, 0.15) is 0 Å². The summed E-state index contributed by atoms with van der Waals surface area (Å²) >= 11 is 0. The Morgan fingerprint density at radius 3 is 2.14 bits per heavy atom. The first-order chi connectivity index (χ1) is 10.3. The number of aryl methyl sites for hydroxylation is 1. The SMILES string of the molecule is Cc1cc2ccccc2nc1-c1ccc2ccccc2n1. The van der Waals surface area contributed by atoms with E-state index in [-0.39, 0.29) is 0 Å². The van der Waals surface area contributed by atoms with Gasteiger partial charge >= 0.3 is 0 Å². The number of pyridine rings is 2. The molecular formula is C19H14N2. The van der Waals surface area contributed by atoms with Gasteiger partial charge in [-0.15, -0.1) is 0 Å². The molecule has 0 radical (unpaired) electrons. The van der Waals surface area contributed by atoms with E-state index >= 15 is 0 Å². The van der Waals surface area contributed by atoms with E-state index in [1.54, 1.807) is 0 Å². The average Bonchev–Trinajstić information content (AvgIpc) is 2.54. The van der Waals surface area contributed by atoms with Crippen molar-refractivity contribution in [2.24, 2.45) is 0 Å². The standard InChI is InChI=1S/C19H14N2/c1-13-12-15-7-3-5-9-17(15)21-19(13)18-11-10-14-6-2-4-8-16(14)20-18/h2-12H,1H3. The fourth-order valence-corrected chi connectivity index (χ4v) is 2.68. The fraction of sp³-hybridized carbons (Fsp3) is 0.0526. The number of para-hydroxylation sites is 2. The number of aromatic nitrogens is 2. The third-order valence-corrected chi connectivity index (χ3v) is 3.76. The van der Waals surface area contributed by atoms with Crippen LogP contribution in [0.1, 0.15) is 5.56 Å². The molecule has 0 fully saturated rings. The van der Waals surface area contributed by atoms with Gasteiger partial charge in [-0.3, -0.25) is 0 Å². The van der Waals surface area contributed by atoms with Gasteiger partial charge in [0.05, 0.1) is 22.4 Å². The molecule has 2 aromatic heterocycles. The van der Waals surface area contributed by atoms with Gasteiger partial charge < -0.3 is 0 Å². The lowest BCUT2D eigenvalue weighted by Crippen LogP contribution is -1.93. The lowest BCUT2D eigenvalue weighted by atomic mass is 10.1. The Kier molecular flexibility index (Phi) is 2.68. The Labute approximate surface area is 123 Å². The number of nitrogens with zero attached hydrogens (tertiary/aromatic N) is 2. The molecule has 0 amide bonds. The van der Waals surface area contributed by atoms with Crippen LogP contribution in [0, 0.1) is 6.92 Å². The Bertz CT molecular complexity index is 958. The topological polar surface area (TPSA) is 25.8 Å². The van der Waals surface area contributed by atoms with Crippen LogP contribution in [0.2, 0.25) is 0 Å². The smallest absolute Gasteiger partial charge is 0.0923 e. The first kappa shape index (κ1) is 12.0. The van der Waals surface area contributed by atoms with Crippen molar-refractivity contribution in [2.75, 3.05) is 0 Å². The zero-order chi connectivity index (χ0) is 14.2. The van der Waals surface area contributed by atoms with Gasteiger partial charge in [-0.2, -0.15) is 0 Å². The molecule has 4 aromatic rings. The molecule has 0 aliphatic carbocycles. The molecule has 0 N–H and O–H groups in total. The van der Waals surface area contributed by atoms with E-state index in [1.165, 1.54) is 5.39 Å². The van der Waals surface area contributed by atoms with E-state index in [1.807, 2.05) is 42.5 Å². The minimum absolute atomic E-state index is 0.928. The number of hydrogen-bond acceptors (Lipinski definition) is 2. The van der Waals surface area contributed by atoms with E-state index in [0.717, 1.165) is 33.4 Å². The van der Waals surface area contributed by atoms with Crippen LogP contribution in [0.3, 0.4) is 0 Å². The maximum atomic E-state index is 4.79. The summed E-state index contributed by atoms with van der Waals surface area (Å²) in [6.07, 6.45) is 0. The minimum atomic E-state index is 0.928. The molecule has 100 valence electrons. The van der Waals surface area contributed by atoms with Crippen molar-refractivity contribution in [3.63, 3.8) is 0 Å². The molecule has 2 nitrogen and oxygen atoms in total. The molecular weight excluding hydrogens is 256 g/mol. The highest BCUT2D eigenvalue weighted by Crippen LogP contribution is 2.25. The lowest BCUT2D eigenvalue weighted by Gasteiger charge is -2.08. The van der Waals surface area contributed by atoms with Crippen molar-refractivity contribution in [1.82, 2.24) is 9.97 Å². The van der Waals surface area contributed by atoms with E-state index in [2.05, 4.69) is 31.2 Å². The zero-order valence-electron chi connectivity index (χ0n) is 11.7. The van der Waals surface area contributed by atoms with Gasteiger partial charge in [-0.1, -0.05) is 42.5 Å². The molecule has 2 heterocycles. The highest BCUT2D eigenvalue weighted by Gasteiger charge is 2.08. The molecule has 0 saturated carbocycles. The highest BCUT2D eigenvalue weighted by atomic mass is 14.8. The van der Waals surface area contributed by atoms with Crippen LogP contribution in [-0.2, 0) is 0 Å². The zero-order valence-corrected chi connectivity index (χ0v) is 11.7. The van der Waals surface area contributed by atoms with Gasteiger partial charge in [0.15, 0.2) is 0 Å². The second-order valence-corrected chi connectivity index (χ2v) is 5.24. The van der Waals surface area contributed by atoms with Crippen molar-refractivity contribution in [3.8, 4) is 11.4 Å². The van der Waals surface area contributed by atoms with Crippen LogP contribution in [0.5, 0.6) is 0 Å². The van der Waals surface area contributed by atoms with Crippen molar-refractivity contribution in [2.45, 2.75) is 6.92 Å². The second-order valence-electron chi connectivity index (χ2n) is 5.24. The normalized spacial score (nSPS) is 11.1. The van der Waals surface area contributed by atoms with Crippen molar-refractivity contribution >= 4 is 21.8 Å². The van der Waals surface area contributed by atoms with E-state index in [9.17, 15) is 0 Å². The Morgan fingerprint density at radius 1 is 0.667 bits per heavy atom. The monoisotopic (exact) mass is 270 g/mol. The summed E-state index contributed by atoms with van der Waals surface area (Å²) in [6, 6.07) is 22.7. The first-order valence-corrected chi connectivity index (χ1v) is 7.04. The lowest BCUT2D eigenvalue weighted by molar-refractivity contribution is 1.27. The highest BCUT2D eigenvalue weighted by molar-refractivity contribution is 5.85. The van der Waals surface area contributed by atoms with Crippen molar-refractivity contribution in [1.29, 1.82) is 0 Å². The van der Waals surface area contributed by atoms with Gasteiger partial charge in [0.25, 0.3) is 0 Å². The molecule has 21 heavy (non-hydrogen) atoms. The predicted octanol–water partition coefficient (Wildman–Crippen LogP) is 4.76. The number of fused-ring (bicyclic) bond motifs is 2. The van der Waals surface area contributed by atoms with Crippen LogP contribution in [-0.4, -0.2) is 9.97 Å². The molecule has 0 atom stereocenters. The van der Waals surface area contributed by atoms with Crippen LogP contribution < -0.4 is 0 Å². The molecule has 2 aromatic carbocycles. The fourth-order valence-electron chi connectivity index (χ4n) is 2.68. The molecule has 0 unspecified atom stereocenters. The molecule has 0 aliphatic rings. The maximum Gasteiger partial charge on any atom is 0.0923 e. The summed E-state index contributed by atoms with van der Waals surface area (Å²) in [7, 11) is 0. The average molecular weight is 270 g/mol. The van der Waals surface area contributed by atoms with Crippen LogP contribution in [0.4, 0.5) is 0 Å². The summed E-state index contributed by atoms with van der Waals surface area (Å²) < 4.78 is 0. The first-order valence-electron chi connectivity index (χ1n) is 7.04.